The molecule has 0 radical (unpaired) electrons. The standard InChI is InChI=1S/C14H17F2NO2/c1-2-9-4-3-5-17(8-9)13-11(15)6-10(14(18)19)7-12(13)16/h6-7,9H,2-5,8H2,1H3,(H,18,19). The number of rotatable bonds is 3. The molecule has 1 N–H and O–H groups in total. The summed E-state index contributed by atoms with van der Waals surface area (Å²) in [5.74, 6) is -2.48. The van der Waals surface area contributed by atoms with Crippen molar-refractivity contribution in [2.75, 3.05) is 18.0 Å². The summed E-state index contributed by atoms with van der Waals surface area (Å²) < 4.78 is 27.9. The van der Waals surface area contributed by atoms with E-state index in [9.17, 15) is 13.6 Å². The second-order valence-electron chi connectivity index (χ2n) is 4.96. The molecule has 0 saturated carbocycles. The van der Waals surface area contributed by atoms with Crippen molar-refractivity contribution in [3.8, 4) is 0 Å². The Morgan fingerprint density at radius 3 is 2.58 bits per heavy atom. The average molecular weight is 269 g/mol. The zero-order valence-corrected chi connectivity index (χ0v) is 10.8. The number of benzene rings is 1. The molecular weight excluding hydrogens is 252 g/mol. The molecule has 3 nitrogen and oxygen atoms in total. The molecule has 1 unspecified atom stereocenters. The summed E-state index contributed by atoms with van der Waals surface area (Å²) in [4.78, 5) is 12.4. The van der Waals surface area contributed by atoms with Crippen LogP contribution in [0.15, 0.2) is 12.1 Å². The molecule has 19 heavy (non-hydrogen) atoms. The van der Waals surface area contributed by atoms with Crippen LogP contribution in [0.2, 0.25) is 0 Å². The van der Waals surface area contributed by atoms with E-state index >= 15 is 0 Å². The SMILES string of the molecule is CCC1CCCN(c2c(F)cc(C(=O)O)cc2F)C1. The van der Waals surface area contributed by atoms with Crippen molar-refractivity contribution >= 4 is 11.7 Å². The van der Waals surface area contributed by atoms with Gasteiger partial charge in [-0.2, -0.15) is 0 Å². The fourth-order valence-corrected chi connectivity index (χ4v) is 2.59. The van der Waals surface area contributed by atoms with Crippen molar-refractivity contribution in [1.29, 1.82) is 0 Å². The molecule has 0 bridgehead atoms. The Labute approximate surface area is 110 Å². The van der Waals surface area contributed by atoms with Crippen LogP contribution >= 0.6 is 0 Å². The van der Waals surface area contributed by atoms with Gasteiger partial charge in [0.25, 0.3) is 0 Å². The summed E-state index contributed by atoms with van der Waals surface area (Å²) in [6.45, 7) is 3.29. The zero-order chi connectivity index (χ0) is 14.0. The lowest BCUT2D eigenvalue weighted by Gasteiger charge is -2.34. The van der Waals surface area contributed by atoms with E-state index in [1.54, 1.807) is 4.90 Å². The number of piperidine rings is 1. The van der Waals surface area contributed by atoms with Crippen LogP contribution in [0.25, 0.3) is 0 Å². The van der Waals surface area contributed by atoms with Crippen LogP contribution in [0.3, 0.4) is 0 Å². The van der Waals surface area contributed by atoms with E-state index < -0.39 is 17.6 Å². The van der Waals surface area contributed by atoms with Gasteiger partial charge in [-0.15, -0.1) is 0 Å². The van der Waals surface area contributed by atoms with Gasteiger partial charge in [0.15, 0.2) is 0 Å². The van der Waals surface area contributed by atoms with Crippen LogP contribution < -0.4 is 4.90 Å². The Balaban J connectivity index is 2.31. The predicted molar refractivity (Wildman–Crippen MR) is 68.5 cm³/mol. The molecule has 1 aliphatic rings. The van der Waals surface area contributed by atoms with Crippen LogP contribution in [0, 0.1) is 17.6 Å². The van der Waals surface area contributed by atoms with Gasteiger partial charge in [-0.25, -0.2) is 13.6 Å². The number of carboxylic acids is 1. The molecule has 5 heteroatoms. The van der Waals surface area contributed by atoms with Gasteiger partial charge in [0.05, 0.1) is 5.56 Å². The third kappa shape index (κ3) is 2.85. The Hall–Kier alpha value is -1.65. The number of aromatic carboxylic acids is 1. The molecule has 1 aromatic carbocycles. The number of nitrogens with zero attached hydrogens (tertiary/aromatic N) is 1. The van der Waals surface area contributed by atoms with E-state index in [1.807, 2.05) is 0 Å². The van der Waals surface area contributed by atoms with Gasteiger partial charge in [-0.3, -0.25) is 0 Å². The molecule has 2 rings (SSSR count). The van der Waals surface area contributed by atoms with Crippen molar-refractivity contribution in [1.82, 2.24) is 0 Å². The van der Waals surface area contributed by atoms with Crippen molar-refractivity contribution in [3.63, 3.8) is 0 Å². The molecule has 104 valence electrons. The average Bonchev–Trinajstić information content (AvgIpc) is 2.38. The highest BCUT2D eigenvalue weighted by atomic mass is 19.1. The van der Waals surface area contributed by atoms with Gasteiger partial charge in [0.2, 0.25) is 0 Å². The largest absolute Gasteiger partial charge is 0.478 e. The number of anilines is 1. The second-order valence-corrected chi connectivity index (χ2v) is 4.96. The van der Waals surface area contributed by atoms with Gasteiger partial charge < -0.3 is 10.0 Å². The fraction of sp³-hybridized carbons (Fsp3) is 0.500. The molecule has 1 saturated heterocycles. The van der Waals surface area contributed by atoms with E-state index in [4.69, 9.17) is 5.11 Å². The molecule has 0 aliphatic carbocycles. The van der Waals surface area contributed by atoms with E-state index in [0.29, 0.717) is 19.0 Å². The van der Waals surface area contributed by atoms with Gasteiger partial charge in [0, 0.05) is 13.1 Å². The summed E-state index contributed by atoms with van der Waals surface area (Å²) in [5, 5.41) is 8.77. The first kappa shape index (κ1) is 13.8. The molecular formula is C14H17F2NO2. The monoisotopic (exact) mass is 269 g/mol. The maximum absolute atomic E-state index is 13.9. The van der Waals surface area contributed by atoms with Crippen molar-refractivity contribution in [2.24, 2.45) is 5.92 Å². The second kappa shape index (κ2) is 5.55. The molecule has 1 heterocycles. The maximum atomic E-state index is 13.9. The maximum Gasteiger partial charge on any atom is 0.335 e. The first-order chi connectivity index (χ1) is 9.02. The van der Waals surface area contributed by atoms with Crippen molar-refractivity contribution < 1.29 is 18.7 Å². The lowest BCUT2D eigenvalue weighted by atomic mass is 9.95. The molecule has 1 aliphatic heterocycles. The highest BCUT2D eigenvalue weighted by Crippen LogP contribution is 2.30. The van der Waals surface area contributed by atoms with Crippen LogP contribution in [0.5, 0.6) is 0 Å². The first-order valence-corrected chi connectivity index (χ1v) is 6.50. The van der Waals surface area contributed by atoms with Crippen LogP contribution in [0.1, 0.15) is 36.5 Å². The van der Waals surface area contributed by atoms with E-state index in [2.05, 4.69) is 6.92 Å². The van der Waals surface area contributed by atoms with Crippen LogP contribution in [0.4, 0.5) is 14.5 Å². The lowest BCUT2D eigenvalue weighted by Crippen LogP contribution is -2.36. The first-order valence-electron chi connectivity index (χ1n) is 6.50. The van der Waals surface area contributed by atoms with Gasteiger partial charge in [0.1, 0.15) is 17.3 Å². The lowest BCUT2D eigenvalue weighted by molar-refractivity contribution is 0.0695. The fourth-order valence-electron chi connectivity index (χ4n) is 2.59. The third-order valence-electron chi connectivity index (χ3n) is 3.68. The summed E-state index contributed by atoms with van der Waals surface area (Å²) in [5.41, 5.74) is -0.453. The normalized spacial score (nSPS) is 19.5. The summed E-state index contributed by atoms with van der Waals surface area (Å²) >= 11 is 0. The molecule has 0 spiro atoms. The Morgan fingerprint density at radius 1 is 1.42 bits per heavy atom. The van der Waals surface area contributed by atoms with Crippen molar-refractivity contribution in [2.45, 2.75) is 26.2 Å². The number of hydrogen-bond acceptors (Lipinski definition) is 2. The minimum Gasteiger partial charge on any atom is -0.478 e. The minimum absolute atomic E-state index is 0.0943. The molecule has 0 aromatic heterocycles. The number of hydrogen-bond donors (Lipinski definition) is 1. The number of carbonyl (C=O) groups is 1. The Kier molecular flexibility index (Phi) is 4.02. The van der Waals surface area contributed by atoms with Crippen molar-refractivity contribution in [3.05, 3.63) is 29.3 Å². The predicted octanol–water partition coefficient (Wildman–Crippen LogP) is 3.29. The minimum atomic E-state index is -1.32. The zero-order valence-electron chi connectivity index (χ0n) is 10.8. The van der Waals surface area contributed by atoms with E-state index in [0.717, 1.165) is 31.4 Å². The third-order valence-corrected chi connectivity index (χ3v) is 3.68. The van der Waals surface area contributed by atoms with Crippen LogP contribution in [-0.4, -0.2) is 24.2 Å². The van der Waals surface area contributed by atoms with E-state index in [1.165, 1.54) is 0 Å². The highest BCUT2D eigenvalue weighted by Gasteiger charge is 2.24. The number of carboxylic acid groups (broad SMARTS) is 1. The molecule has 1 fully saturated rings. The van der Waals surface area contributed by atoms with Gasteiger partial charge in [-0.1, -0.05) is 13.3 Å². The van der Waals surface area contributed by atoms with Gasteiger partial charge in [-0.05, 0) is 30.9 Å². The Morgan fingerprint density at radius 2 is 2.05 bits per heavy atom. The highest BCUT2D eigenvalue weighted by molar-refractivity contribution is 5.88. The molecule has 0 amide bonds. The summed E-state index contributed by atoms with van der Waals surface area (Å²) in [7, 11) is 0. The topological polar surface area (TPSA) is 40.5 Å². The number of halogens is 2. The van der Waals surface area contributed by atoms with Gasteiger partial charge >= 0.3 is 5.97 Å². The van der Waals surface area contributed by atoms with Crippen LogP contribution in [-0.2, 0) is 0 Å². The summed E-state index contributed by atoms with van der Waals surface area (Å²) in [6.07, 6.45) is 2.95. The molecule has 1 atom stereocenters. The smallest absolute Gasteiger partial charge is 0.335 e. The summed E-state index contributed by atoms with van der Waals surface area (Å²) in [6, 6.07) is 1.77. The quantitative estimate of drug-likeness (QED) is 0.915. The van der Waals surface area contributed by atoms with E-state index in [-0.39, 0.29) is 11.3 Å². The Bertz CT molecular complexity index is 467. The molecule has 1 aromatic rings.